The van der Waals surface area contributed by atoms with E-state index < -0.39 is 11.7 Å². The number of fused-ring (bicyclic) bond motifs is 1. The Balaban J connectivity index is 1.54. The summed E-state index contributed by atoms with van der Waals surface area (Å²) in [4.78, 5) is 19.4. The number of hydrogen-bond donors (Lipinski definition) is 1. The zero-order valence-electron chi connectivity index (χ0n) is 24.3. The molecule has 3 aromatic rings. The van der Waals surface area contributed by atoms with E-state index >= 15 is 0 Å². The number of alkyl carbamates (subject to hydrolysis) is 1. The third kappa shape index (κ3) is 7.29. The van der Waals surface area contributed by atoms with Crippen LogP contribution in [0.2, 0.25) is 0 Å². The van der Waals surface area contributed by atoms with Crippen LogP contribution in [0.3, 0.4) is 0 Å². The first-order chi connectivity index (χ1) is 19.1. The monoisotopic (exact) mass is 548 g/mol. The van der Waals surface area contributed by atoms with Crippen LogP contribution in [0.4, 0.5) is 4.79 Å². The Hall–Kier alpha value is -3.68. The Morgan fingerprint density at radius 1 is 1.25 bits per heavy atom. The molecule has 3 atom stereocenters. The van der Waals surface area contributed by atoms with Gasteiger partial charge in [-0.2, -0.15) is 10.4 Å². The molecule has 10 nitrogen and oxygen atoms in total. The van der Waals surface area contributed by atoms with Crippen LogP contribution in [0, 0.1) is 11.3 Å². The van der Waals surface area contributed by atoms with Gasteiger partial charge in [-0.1, -0.05) is 6.07 Å². The predicted octanol–water partition coefficient (Wildman–Crippen LogP) is 4.77. The molecule has 1 aliphatic carbocycles. The third-order valence-electron chi connectivity index (χ3n) is 6.90. The highest BCUT2D eigenvalue weighted by atomic mass is 16.6. The van der Waals surface area contributed by atoms with Crippen molar-refractivity contribution in [1.82, 2.24) is 24.8 Å². The maximum absolute atomic E-state index is 12.5. The Labute approximate surface area is 236 Å². The minimum atomic E-state index is -0.563. The first-order valence-electron chi connectivity index (χ1n) is 13.8. The molecule has 40 heavy (non-hydrogen) atoms. The van der Waals surface area contributed by atoms with E-state index in [9.17, 15) is 10.1 Å². The summed E-state index contributed by atoms with van der Waals surface area (Å²) in [5, 5.41) is 17.0. The maximum Gasteiger partial charge on any atom is 0.407 e. The number of amides is 1. The number of nitriles is 1. The van der Waals surface area contributed by atoms with Crippen LogP contribution in [0.1, 0.15) is 64.1 Å². The fraction of sp³-hybridized carbons (Fsp3) is 0.533. The van der Waals surface area contributed by atoms with E-state index in [1.165, 1.54) is 0 Å². The number of hydrogen-bond acceptors (Lipinski definition) is 8. The van der Waals surface area contributed by atoms with Crippen LogP contribution in [0.5, 0.6) is 5.75 Å². The van der Waals surface area contributed by atoms with Crippen molar-refractivity contribution in [2.24, 2.45) is 0 Å². The summed E-state index contributed by atoms with van der Waals surface area (Å²) >= 11 is 0. The molecule has 0 bridgehead atoms. The van der Waals surface area contributed by atoms with E-state index in [0.29, 0.717) is 24.5 Å². The lowest BCUT2D eigenvalue weighted by atomic mass is 9.81. The van der Waals surface area contributed by atoms with Crippen LogP contribution in [0.25, 0.3) is 16.6 Å². The van der Waals surface area contributed by atoms with Gasteiger partial charge in [0.05, 0.1) is 48.8 Å². The molecule has 1 amide bonds. The standard InChI is InChI=1S/C30H40N6O4/c1-7-38-23-15-24(28-22(16-31)18-33-36(28)19-23)21-9-10-25(32-17-21)20-8-11-26(34-29(37)40-30(2,3)4)27(14-20)39-13-12-35(5)6/h9-10,15,17-20,26-27H,7-8,11-14H2,1-6H3,(H,34,37)/t20?,26-,27-/m1/s1. The van der Waals surface area contributed by atoms with Gasteiger partial charge in [0.1, 0.15) is 17.4 Å². The second-order valence-electron chi connectivity index (χ2n) is 11.4. The summed E-state index contributed by atoms with van der Waals surface area (Å²) in [6, 6.07) is 8.11. The Kier molecular flexibility index (Phi) is 9.28. The molecule has 0 radical (unpaired) electrons. The number of likely N-dealkylation sites (N-methyl/N-ethyl adjacent to an activating group) is 1. The molecule has 1 unspecified atom stereocenters. The number of carbonyl (C=O) groups is 1. The number of nitrogens with one attached hydrogen (secondary N) is 1. The Morgan fingerprint density at radius 2 is 2.05 bits per heavy atom. The Morgan fingerprint density at radius 3 is 2.70 bits per heavy atom. The van der Waals surface area contributed by atoms with Crippen molar-refractivity contribution in [2.75, 3.05) is 33.9 Å². The molecule has 3 aromatic heterocycles. The summed E-state index contributed by atoms with van der Waals surface area (Å²) in [6.07, 6.45) is 7.00. The molecular weight excluding hydrogens is 508 g/mol. The molecule has 0 saturated heterocycles. The molecule has 0 aromatic carbocycles. The number of aromatic nitrogens is 3. The SMILES string of the molecule is CCOc1cc(-c2ccc(C3CC[C@@H](NC(=O)OC(C)(C)C)[C@H](OCCN(C)C)C3)nc2)c2c(C#N)cnn2c1. The van der Waals surface area contributed by atoms with Crippen molar-refractivity contribution in [2.45, 2.75) is 70.6 Å². The van der Waals surface area contributed by atoms with Gasteiger partial charge in [-0.15, -0.1) is 0 Å². The summed E-state index contributed by atoms with van der Waals surface area (Å²) in [5.41, 5.74) is 3.36. The number of carbonyl (C=O) groups excluding carboxylic acids is 1. The van der Waals surface area contributed by atoms with Gasteiger partial charge >= 0.3 is 6.09 Å². The molecule has 10 heteroatoms. The summed E-state index contributed by atoms with van der Waals surface area (Å²) in [5.74, 6) is 0.865. The lowest BCUT2D eigenvalue weighted by Gasteiger charge is -2.36. The van der Waals surface area contributed by atoms with E-state index in [-0.39, 0.29) is 18.1 Å². The molecule has 214 valence electrons. The number of pyridine rings is 2. The molecule has 1 saturated carbocycles. The lowest BCUT2D eigenvalue weighted by Crippen LogP contribution is -2.49. The van der Waals surface area contributed by atoms with Gasteiger partial charge in [0.15, 0.2) is 0 Å². The van der Waals surface area contributed by atoms with Crippen LogP contribution in [-0.2, 0) is 9.47 Å². The second-order valence-corrected chi connectivity index (χ2v) is 11.4. The van der Waals surface area contributed by atoms with Crippen molar-refractivity contribution in [3.8, 4) is 22.9 Å². The van der Waals surface area contributed by atoms with Crippen molar-refractivity contribution < 1.29 is 19.0 Å². The molecule has 1 aliphatic rings. The van der Waals surface area contributed by atoms with Crippen LogP contribution in [-0.4, -0.2) is 77.2 Å². The average molecular weight is 549 g/mol. The fourth-order valence-corrected chi connectivity index (χ4v) is 5.04. The van der Waals surface area contributed by atoms with Crippen molar-refractivity contribution in [1.29, 1.82) is 5.26 Å². The van der Waals surface area contributed by atoms with Gasteiger partial charge < -0.3 is 24.4 Å². The highest BCUT2D eigenvalue weighted by Crippen LogP contribution is 2.36. The largest absolute Gasteiger partial charge is 0.492 e. The topological polar surface area (TPSA) is 114 Å². The fourth-order valence-electron chi connectivity index (χ4n) is 5.04. The van der Waals surface area contributed by atoms with Crippen LogP contribution >= 0.6 is 0 Å². The summed E-state index contributed by atoms with van der Waals surface area (Å²) in [7, 11) is 4.02. The highest BCUT2D eigenvalue weighted by molar-refractivity contribution is 5.85. The maximum atomic E-state index is 12.5. The predicted molar refractivity (Wildman–Crippen MR) is 152 cm³/mol. The van der Waals surface area contributed by atoms with Gasteiger partial charge in [0, 0.05) is 35.5 Å². The van der Waals surface area contributed by atoms with E-state index in [1.807, 2.05) is 66.2 Å². The zero-order valence-corrected chi connectivity index (χ0v) is 24.3. The summed E-state index contributed by atoms with van der Waals surface area (Å²) in [6.45, 7) is 9.39. The molecular formula is C30H40N6O4. The van der Waals surface area contributed by atoms with Gasteiger partial charge in [-0.25, -0.2) is 9.31 Å². The Bertz CT molecular complexity index is 1340. The number of nitrogens with zero attached hydrogens (tertiary/aromatic N) is 5. The van der Waals surface area contributed by atoms with E-state index in [4.69, 9.17) is 19.2 Å². The minimum Gasteiger partial charge on any atom is -0.492 e. The summed E-state index contributed by atoms with van der Waals surface area (Å²) < 4.78 is 19.2. The van der Waals surface area contributed by atoms with E-state index in [0.717, 1.165) is 48.1 Å². The van der Waals surface area contributed by atoms with Gasteiger partial charge in [-0.3, -0.25) is 4.98 Å². The molecule has 0 aliphatic heterocycles. The second kappa shape index (κ2) is 12.7. The van der Waals surface area contributed by atoms with E-state index in [1.54, 1.807) is 16.9 Å². The molecule has 0 spiro atoms. The number of ether oxygens (including phenoxy) is 3. The van der Waals surface area contributed by atoms with Gasteiger partial charge in [-0.05, 0) is 73.2 Å². The average Bonchev–Trinajstić information content (AvgIpc) is 3.31. The molecule has 4 rings (SSSR count). The smallest absolute Gasteiger partial charge is 0.407 e. The first-order valence-corrected chi connectivity index (χ1v) is 13.8. The lowest BCUT2D eigenvalue weighted by molar-refractivity contribution is -0.0117. The molecule has 1 N–H and O–H groups in total. The quantitative estimate of drug-likeness (QED) is 0.407. The van der Waals surface area contributed by atoms with Gasteiger partial charge in [0.2, 0.25) is 0 Å². The first kappa shape index (κ1) is 29.3. The van der Waals surface area contributed by atoms with E-state index in [2.05, 4.69) is 21.4 Å². The van der Waals surface area contributed by atoms with Crippen molar-refractivity contribution in [3.63, 3.8) is 0 Å². The molecule has 3 heterocycles. The van der Waals surface area contributed by atoms with Crippen molar-refractivity contribution >= 4 is 11.6 Å². The number of rotatable bonds is 9. The third-order valence-corrected chi connectivity index (χ3v) is 6.90. The zero-order chi connectivity index (χ0) is 28.9. The highest BCUT2D eigenvalue weighted by Gasteiger charge is 2.34. The normalized spacial score (nSPS) is 19.4. The van der Waals surface area contributed by atoms with Crippen LogP contribution in [0.15, 0.2) is 36.8 Å². The van der Waals surface area contributed by atoms with Crippen molar-refractivity contribution in [3.05, 3.63) is 48.0 Å². The molecule has 1 fully saturated rings. The van der Waals surface area contributed by atoms with Crippen LogP contribution < -0.4 is 10.1 Å². The minimum absolute atomic E-state index is 0.131. The van der Waals surface area contributed by atoms with Gasteiger partial charge in [0.25, 0.3) is 0 Å².